The lowest BCUT2D eigenvalue weighted by atomic mass is 10.0. The Bertz CT molecular complexity index is 242. The first-order valence-corrected chi connectivity index (χ1v) is 6.86. The summed E-state index contributed by atoms with van der Waals surface area (Å²) in [4.78, 5) is 14.2. The molecule has 5 nitrogen and oxygen atoms in total. The van der Waals surface area contributed by atoms with Crippen molar-refractivity contribution < 1.29 is 9.53 Å². The number of nitrogens with zero attached hydrogens (tertiary/aromatic N) is 1. The third-order valence-electron chi connectivity index (χ3n) is 3.70. The third-order valence-corrected chi connectivity index (χ3v) is 3.70. The van der Waals surface area contributed by atoms with Gasteiger partial charge in [0.2, 0.25) is 5.91 Å². The van der Waals surface area contributed by atoms with Gasteiger partial charge in [-0.1, -0.05) is 0 Å². The molecular formula is C13H27N3O2. The molecular weight excluding hydrogens is 230 g/mol. The molecule has 2 N–H and O–H groups in total. The van der Waals surface area contributed by atoms with Crippen LogP contribution < -0.4 is 10.6 Å². The minimum absolute atomic E-state index is 0.0596. The fourth-order valence-corrected chi connectivity index (χ4v) is 2.29. The molecule has 0 aromatic rings. The van der Waals surface area contributed by atoms with Crippen molar-refractivity contribution >= 4 is 5.91 Å². The van der Waals surface area contributed by atoms with Crippen LogP contribution in [0.2, 0.25) is 0 Å². The summed E-state index contributed by atoms with van der Waals surface area (Å²) >= 11 is 0. The first kappa shape index (κ1) is 15.4. The molecule has 1 rings (SSSR count). The second kappa shape index (κ2) is 8.45. The van der Waals surface area contributed by atoms with Gasteiger partial charge in [-0.15, -0.1) is 0 Å². The lowest BCUT2D eigenvalue weighted by Gasteiger charge is -2.35. The van der Waals surface area contributed by atoms with Crippen LogP contribution in [0, 0.1) is 0 Å². The molecule has 1 unspecified atom stereocenters. The maximum absolute atomic E-state index is 12.0. The lowest BCUT2D eigenvalue weighted by molar-refractivity contribution is -0.126. The zero-order valence-electron chi connectivity index (χ0n) is 11.9. The number of hydrogen-bond donors (Lipinski definition) is 2. The largest absolute Gasteiger partial charge is 0.385 e. The van der Waals surface area contributed by atoms with Crippen molar-refractivity contribution in [3.63, 3.8) is 0 Å². The second-order valence-corrected chi connectivity index (χ2v) is 4.96. The monoisotopic (exact) mass is 257 g/mol. The number of hydrogen-bond acceptors (Lipinski definition) is 4. The summed E-state index contributed by atoms with van der Waals surface area (Å²) in [5.41, 5.74) is 0. The van der Waals surface area contributed by atoms with Crippen molar-refractivity contribution in [1.82, 2.24) is 15.5 Å². The van der Waals surface area contributed by atoms with E-state index in [2.05, 4.69) is 22.6 Å². The van der Waals surface area contributed by atoms with Crippen LogP contribution in [-0.4, -0.2) is 63.3 Å². The van der Waals surface area contributed by atoms with E-state index in [0.717, 1.165) is 32.4 Å². The van der Waals surface area contributed by atoms with Crippen LogP contribution in [0.4, 0.5) is 0 Å². The van der Waals surface area contributed by atoms with E-state index < -0.39 is 0 Å². The Hall–Kier alpha value is -0.650. The summed E-state index contributed by atoms with van der Waals surface area (Å²) in [6.45, 7) is 5.47. The predicted octanol–water partition coefficient (Wildman–Crippen LogP) is 0.211. The Morgan fingerprint density at radius 1 is 1.50 bits per heavy atom. The molecule has 106 valence electrons. The standard InChI is InChI=1S/C13H27N3O2/c1-11(13(17)15-7-4-10-18-3)16(2)12-5-8-14-9-6-12/h11-12,14H,4-10H2,1-3H3,(H,15,17). The fraction of sp³-hybridized carbons (Fsp3) is 0.923. The Morgan fingerprint density at radius 3 is 2.78 bits per heavy atom. The van der Waals surface area contributed by atoms with Crippen molar-refractivity contribution in [3.05, 3.63) is 0 Å². The molecule has 0 aliphatic carbocycles. The van der Waals surface area contributed by atoms with Gasteiger partial charge in [0, 0.05) is 26.3 Å². The molecule has 18 heavy (non-hydrogen) atoms. The molecule has 1 aliphatic rings. The quantitative estimate of drug-likeness (QED) is 0.640. The minimum Gasteiger partial charge on any atom is -0.385 e. The number of nitrogens with one attached hydrogen (secondary N) is 2. The van der Waals surface area contributed by atoms with Crippen LogP contribution in [-0.2, 0) is 9.53 Å². The number of likely N-dealkylation sites (N-methyl/N-ethyl adjacent to an activating group) is 1. The van der Waals surface area contributed by atoms with E-state index in [-0.39, 0.29) is 11.9 Å². The highest BCUT2D eigenvalue weighted by molar-refractivity contribution is 5.81. The summed E-state index contributed by atoms with van der Waals surface area (Å²) in [6.07, 6.45) is 3.11. The molecule has 1 saturated heterocycles. The number of rotatable bonds is 7. The molecule has 5 heteroatoms. The highest BCUT2D eigenvalue weighted by Gasteiger charge is 2.25. The minimum atomic E-state index is -0.0596. The van der Waals surface area contributed by atoms with Crippen molar-refractivity contribution in [2.24, 2.45) is 0 Å². The Kier molecular flexibility index (Phi) is 7.23. The molecule has 0 spiro atoms. The van der Waals surface area contributed by atoms with Gasteiger partial charge in [-0.05, 0) is 46.3 Å². The second-order valence-electron chi connectivity index (χ2n) is 4.96. The smallest absolute Gasteiger partial charge is 0.237 e. The van der Waals surface area contributed by atoms with E-state index >= 15 is 0 Å². The van der Waals surface area contributed by atoms with E-state index in [1.54, 1.807) is 7.11 Å². The molecule has 1 heterocycles. The fourth-order valence-electron chi connectivity index (χ4n) is 2.29. The van der Waals surface area contributed by atoms with Crippen molar-refractivity contribution in [2.45, 2.75) is 38.3 Å². The number of methoxy groups -OCH3 is 1. The summed E-state index contributed by atoms with van der Waals surface area (Å²) < 4.78 is 4.96. The number of piperidine rings is 1. The Labute approximate surface area is 110 Å². The summed E-state index contributed by atoms with van der Waals surface area (Å²) in [5.74, 6) is 0.118. The van der Waals surface area contributed by atoms with Gasteiger partial charge < -0.3 is 15.4 Å². The Morgan fingerprint density at radius 2 is 2.17 bits per heavy atom. The van der Waals surface area contributed by atoms with E-state index in [4.69, 9.17) is 4.74 Å². The topological polar surface area (TPSA) is 53.6 Å². The van der Waals surface area contributed by atoms with Gasteiger partial charge in [-0.3, -0.25) is 9.69 Å². The van der Waals surface area contributed by atoms with Gasteiger partial charge in [0.05, 0.1) is 6.04 Å². The first-order chi connectivity index (χ1) is 8.66. The van der Waals surface area contributed by atoms with Gasteiger partial charge >= 0.3 is 0 Å². The SMILES string of the molecule is COCCCNC(=O)C(C)N(C)C1CCNCC1. The lowest BCUT2D eigenvalue weighted by Crippen LogP contribution is -2.50. The van der Waals surface area contributed by atoms with Gasteiger partial charge in [-0.2, -0.15) is 0 Å². The maximum Gasteiger partial charge on any atom is 0.237 e. The molecule has 1 fully saturated rings. The number of carbonyl (C=O) groups is 1. The van der Waals surface area contributed by atoms with Crippen molar-refractivity contribution in [2.75, 3.05) is 40.4 Å². The highest BCUT2D eigenvalue weighted by atomic mass is 16.5. The zero-order valence-corrected chi connectivity index (χ0v) is 11.9. The summed E-state index contributed by atoms with van der Waals surface area (Å²) in [5, 5.41) is 6.31. The molecule has 1 atom stereocenters. The van der Waals surface area contributed by atoms with Crippen LogP contribution >= 0.6 is 0 Å². The molecule has 0 aromatic carbocycles. The molecule has 0 aromatic heterocycles. The summed E-state index contributed by atoms with van der Waals surface area (Å²) in [7, 11) is 3.73. The maximum atomic E-state index is 12.0. The van der Waals surface area contributed by atoms with Gasteiger partial charge in [0.15, 0.2) is 0 Å². The van der Waals surface area contributed by atoms with Crippen molar-refractivity contribution in [3.8, 4) is 0 Å². The Balaban J connectivity index is 2.27. The van der Waals surface area contributed by atoms with E-state index in [1.807, 2.05) is 6.92 Å². The molecule has 1 aliphatic heterocycles. The highest BCUT2D eigenvalue weighted by Crippen LogP contribution is 2.12. The third kappa shape index (κ3) is 4.92. The average molecular weight is 257 g/mol. The van der Waals surface area contributed by atoms with Crippen molar-refractivity contribution in [1.29, 1.82) is 0 Å². The van der Waals surface area contributed by atoms with Crippen LogP contribution in [0.25, 0.3) is 0 Å². The van der Waals surface area contributed by atoms with E-state index in [0.29, 0.717) is 19.2 Å². The predicted molar refractivity (Wildman–Crippen MR) is 72.6 cm³/mol. The van der Waals surface area contributed by atoms with Gasteiger partial charge in [0.25, 0.3) is 0 Å². The zero-order chi connectivity index (χ0) is 13.4. The number of amides is 1. The van der Waals surface area contributed by atoms with Crippen LogP contribution in [0.5, 0.6) is 0 Å². The molecule has 1 amide bonds. The van der Waals surface area contributed by atoms with E-state index in [1.165, 1.54) is 0 Å². The number of carbonyl (C=O) groups excluding carboxylic acids is 1. The molecule has 0 saturated carbocycles. The molecule has 0 radical (unpaired) electrons. The van der Waals surface area contributed by atoms with Crippen LogP contribution in [0.3, 0.4) is 0 Å². The van der Waals surface area contributed by atoms with Crippen LogP contribution in [0.1, 0.15) is 26.2 Å². The number of ether oxygens (including phenoxy) is 1. The van der Waals surface area contributed by atoms with Gasteiger partial charge in [0.1, 0.15) is 0 Å². The molecule has 0 bridgehead atoms. The first-order valence-electron chi connectivity index (χ1n) is 6.86. The summed E-state index contributed by atoms with van der Waals surface area (Å²) in [6, 6.07) is 0.460. The van der Waals surface area contributed by atoms with Gasteiger partial charge in [-0.25, -0.2) is 0 Å². The normalized spacial score (nSPS) is 18.9. The average Bonchev–Trinajstić information content (AvgIpc) is 2.42. The van der Waals surface area contributed by atoms with Crippen LogP contribution in [0.15, 0.2) is 0 Å². The van der Waals surface area contributed by atoms with E-state index in [9.17, 15) is 4.79 Å².